The van der Waals surface area contributed by atoms with Gasteiger partial charge in [-0.25, -0.2) is 0 Å². The summed E-state index contributed by atoms with van der Waals surface area (Å²) in [5.41, 5.74) is 0. The zero-order valence-electron chi connectivity index (χ0n) is 6.43. The Morgan fingerprint density at radius 3 is 1.17 bits per heavy atom. The largest absolute Gasteiger partial charge is 2.00 e. The van der Waals surface area contributed by atoms with Crippen LogP contribution in [0.25, 0.3) is 0 Å². The first-order valence-electron chi connectivity index (χ1n) is 3.43. The fourth-order valence-electron chi connectivity index (χ4n) is 0.671. The Morgan fingerprint density at radius 2 is 1.00 bits per heavy atom. The molecule has 10 radical (unpaired) electrons. The van der Waals surface area contributed by atoms with E-state index in [9.17, 15) is 0 Å². The quantitative estimate of drug-likeness (QED) is 0.477. The van der Waals surface area contributed by atoms with Gasteiger partial charge in [0.1, 0.15) is 0 Å². The van der Waals surface area contributed by atoms with Crippen LogP contribution in [0.5, 0.6) is 0 Å². The van der Waals surface area contributed by atoms with Crippen molar-refractivity contribution in [1.29, 1.82) is 0 Å². The van der Waals surface area contributed by atoms with Crippen LogP contribution in [-0.2, 0) is 17.1 Å². The minimum absolute atomic E-state index is 0. The minimum Gasteiger partial charge on any atom is -0.0767 e. The van der Waals surface area contributed by atoms with Gasteiger partial charge in [-0.15, -0.1) is 0 Å². The van der Waals surface area contributed by atoms with Crippen LogP contribution in [0.15, 0.2) is 0 Å². The summed E-state index contributed by atoms with van der Waals surface area (Å²) in [7, 11) is 0. The minimum atomic E-state index is 0. The monoisotopic (exact) mass is 312 g/mol. The van der Waals surface area contributed by atoms with E-state index in [1.54, 1.807) is 0 Å². The average Bonchev–Trinajstić information content (AvgIpc) is 2.57. The number of hydrogen-bond donors (Lipinski definition) is 0. The topological polar surface area (TPSA) is 0 Å². The number of rotatable bonds is 0. The Hall–Kier alpha value is 1.25. The van der Waals surface area contributed by atoms with Crippen LogP contribution in [0.3, 0.4) is 0 Å². The van der Waals surface area contributed by atoms with Gasteiger partial charge in [0.15, 0.2) is 0 Å². The summed E-state index contributed by atoms with van der Waals surface area (Å²) in [5, 5.41) is 0. The Bertz CT molecular complexity index is 78.2. The van der Waals surface area contributed by atoms with Crippen molar-refractivity contribution in [2.75, 3.05) is 0 Å². The molecule has 0 bridgehead atoms. The molecule has 2 saturated carbocycles. The van der Waals surface area contributed by atoms with E-state index in [1.165, 1.54) is 3.92 Å². The molecule has 2 heteroatoms. The summed E-state index contributed by atoms with van der Waals surface area (Å²) in [6.45, 7) is 0. The Labute approximate surface area is 101 Å². The van der Waals surface area contributed by atoms with Gasteiger partial charge in [-0.05, 0) is 57.8 Å². The van der Waals surface area contributed by atoms with Gasteiger partial charge >= 0.3 is 17.1 Å². The molecule has 0 aromatic heterocycles. The van der Waals surface area contributed by atoms with Crippen LogP contribution >= 0.6 is 22.6 Å². The Kier molecular flexibility index (Phi) is 9.75. The molecule has 0 N–H and O–H groups in total. The smallest absolute Gasteiger partial charge is 0.0767 e. The molecule has 12 heavy (non-hydrogen) atoms. The normalized spacial score (nSPS) is 22.8. The first kappa shape index (κ1) is 13.2. The van der Waals surface area contributed by atoms with Crippen molar-refractivity contribution in [3.05, 3.63) is 61.7 Å². The van der Waals surface area contributed by atoms with E-state index in [1.807, 2.05) is 44.9 Å². The fraction of sp³-hybridized carbons (Fsp3) is 0. The zero-order chi connectivity index (χ0) is 7.94. The van der Waals surface area contributed by atoms with Gasteiger partial charge in [-0.2, -0.15) is 0 Å². The molecule has 0 unspecified atom stereocenters. The maximum Gasteiger partial charge on any atom is 2.00 e. The third-order valence-corrected chi connectivity index (χ3v) is 1.90. The van der Waals surface area contributed by atoms with Crippen molar-refractivity contribution in [2.24, 2.45) is 0 Å². The number of hydrogen-bond acceptors (Lipinski definition) is 0. The molecule has 0 amide bonds. The summed E-state index contributed by atoms with van der Waals surface area (Å²) < 4.78 is 1.31. The zero-order valence-corrected chi connectivity index (χ0v) is 9.69. The molecule has 0 heterocycles. The van der Waals surface area contributed by atoms with Crippen molar-refractivity contribution in [3.8, 4) is 0 Å². The van der Waals surface area contributed by atoms with Crippen LogP contribution in [0.4, 0.5) is 0 Å². The van der Waals surface area contributed by atoms with Crippen LogP contribution < -0.4 is 0 Å². The molecule has 0 spiro atoms. The van der Waals surface area contributed by atoms with Crippen molar-refractivity contribution in [3.63, 3.8) is 0 Å². The van der Waals surface area contributed by atoms with Gasteiger partial charge in [0.25, 0.3) is 0 Å². The molecule has 2 aliphatic carbocycles. The van der Waals surface area contributed by atoms with Gasteiger partial charge in [-0.1, -0.05) is 22.6 Å². The van der Waals surface area contributed by atoms with Crippen molar-refractivity contribution >= 4 is 22.6 Å². The molecule has 2 aliphatic rings. The summed E-state index contributed by atoms with van der Waals surface area (Å²) in [6, 6.07) is 0. The standard InChI is InChI=1S/C5H4I.C5H5.Fe/c6-5-3-1-2-4-5;1-2-4-5-3-1;/h1-4H;1-5H;/q;;+2. The second kappa shape index (κ2) is 8.83. The summed E-state index contributed by atoms with van der Waals surface area (Å²) in [6.07, 6.45) is 18.2. The summed E-state index contributed by atoms with van der Waals surface area (Å²) in [4.78, 5) is 0. The first-order chi connectivity index (χ1) is 5.39. The van der Waals surface area contributed by atoms with Gasteiger partial charge in [-0.3, -0.25) is 0 Å². The van der Waals surface area contributed by atoms with E-state index in [-0.39, 0.29) is 17.1 Å². The van der Waals surface area contributed by atoms with Gasteiger partial charge in [0, 0.05) is 3.92 Å². The van der Waals surface area contributed by atoms with E-state index < -0.39 is 0 Å². The van der Waals surface area contributed by atoms with Gasteiger partial charge in [0.05, 0.1) is 0 Å². The van der Waals surface area contributed by atoms with E-state index in [0.29, 0.717) is 0 Å². The van der Waals surface area contributed by atoms with Crippen molar-refractivity contribution < 1.29 is 17.1 Å². The van der Waals surface area contributed by atoms with Crippen LogP contribution in [0.1, 0.15) is 0 Å². The Balaban J connectivity index is 0.000000189. The maximum atomic E-state index is 2.28. The van der Waals surface area contributed by atoms with Crippen LogP contribution in [0.2, 0.25) is 0 Å². The molecule has 2 rings (SSSR count). The molecule has 0 saturated heterocycles. The molecule has 0 aromatic rings. The van der Waals surface area contributed by atoms with E-state index in [4.69, 9.17) is 0 Å². The predicted molar refractivity (Wildman–Crippen MR) is 56.0 cm³/mol. The third kappa shape index (κ3) is 6.73. The van der Waals surface area contributed by atoms with Crippen LogP contribution in [0, 0.1) is 61.7 Å². The van der Waals surface area contributed by atoms with E-state index >= 15 is 0 Å². The third-order valence-electron chi connectivity index (χ3n) is 1.18. The predicted octanol–water partition coefficient (Wildman–Crippen LogP) is 2.80. The molecule has 2 fully saturated rings. The molecule has 0 aromatic carbocycles. The molecular formula is C10H9FeI+2. The molecular weight excluding hydrogens is 303 g/mol. The van der Waals surface area contributed by atoms with E-state index in [2.05, 4.69) is 35.4 Å². The first-order valence-corrected chi connectivity index (χ1v) is 4.51. The molecule has 0 aliphatic heterocycles. The van der Waals surface area contributed by atoms with Crippen molar-refractivity contribution in [1.82, 2.24) is 0 Å². The van der Waals surface area contributed by atoms with Crippen LogP contribution in [-0.4, -0.2) is 0 Å². The SMILES string of the molecule is I[C]1[CH][CH][CH][CH]1.[CH]1[CH][CH][CH][CH]1.[Fe+2]. The summed E-state index contributed by atoms with van der Waals surface area (Å²) >= 11 is 2.28. The fourth-order valence-corrected chi connectivity index (χ4v) is 1.09. The second-order valence-electron chi connectivity index (χ2n) is 2.07. The van der Waals surface area contributed by atoms with Gasteiger partial charge in [0.2, 0.25) is 0 Å². The number of halogens is 1. The second-order valence-corrected chi connectivity index (χ2v) is 3.31. The maximum absolute atomic E-state index is 2.28. The summed E-state index contributed by atoms with van der Waals surface area (Å²) in [5.74, 6) is 0. The Morgan fingerprint density at radius 1 is 0.667 bits per heavy atom. The molecule has 0 atom stereocenters. The molecule has 0 nitrogen and oxygen atoms in total. The molecule has 62 valence electrons. The van der Waals surface area contributed by atoms with Gasteiger partial charge < -0.3 is 0 Å². The van der Waals surface area contributed by atoms with E-state index in [0.717, 1.165) is 0 Å². The average molecular weight is 312 g/mol. The van der Waals surface area contributed by atoms with Crippen molar-refractivity contribution in [2.45, 2.75) is 0 Å².